The fourth-order valence-electron chi connectivity index (χ4n) is 2.38. The Labute approximate surface area is 82.1 Å². The van der Waals surface area contributed by atoms with Gasteiger partial charge in [0.15, 0.2) is 5.54 Å². The van der Waals surface area contributed by atoms with Crippen molar-refractivity contribution in [3.8, 4) is 0 Å². The molecule has 2 atom stereocenters. The quantitative estimate of drug-likeness (QED) is 0.623. The topological polar surface area (TPSA) is 69.6 Å². The number of carboxylic acids is 1. The lowest BCUT2D eigenvalue weighted by molar-refractivity contribution is -0.159. The molecule has 14 heavy (non-hydrogen) atoms. The lowest BCUT2D eigenvalue weighted by atomic mass is 9.80. The predicted octanol–water partition coefficient (Wildman–Crippen LogP) is -0.576. The highest BCUT2D eigenvalue weighted by Crippen LogP contribution is 2.31. The molecule has 5 heteroatoms. The largest absolute Gasteiger partial charge is 0.479 e. The van der Waals surface area contributed by atoms with Gasteiger partial charge in [0.1, 0.15) is 0 Å². The van der Waals surface area contributed by atoms with Crippen LogP contribution in [0.4, 0.5) is 0 Å². The van der Waals surface area contributed by atoms with Crippen molar-refractivity contribution in [1.82, 2.24) is 10.2 Å². The standard InChI is InChI=1S/C9H14N2O3/c1-2-11-5-9(8(13)14)4-3-6(11)7(12)10-9/h6H,2-5H2,1H3,(H,10,12)(H,13,14). The Bertz CT molecular complexity index is 292. The molecule has 0 aromatic rings. The highest BCUT2D eigenvalue weighted by molar-refractivity contribution is 5.93. The number of piperidine rings is 2. The molecule has 3 aliphatic rings. The van der Waals surface area contributed by atoms with Crippen LogP contribution in [0, 0.1) is 0 Å². The zero-order valence-corrected chi connectivity index (χ0v) is 8.12. The van der Waals surface area contributed by atoms with Crippen LogP contribution in [0.3, 0.4) is 0 Å². The van der Waals surface area contributed by atoms with E-state index in [2.05, 4.69) is 5.32 Å². The summed E-state index contributed by atoms with van der Waals surface area (Å²) < 4.78 is 0. The fourth-order valence-corrected chi connectivity index (χ4v) is 2.38. The van der Waals surface area contributed by atoms with Crippen LogP contribution in [0.1, 0.15) is 19.8 Å². The van der Waals surface area contributed by atoms with Gasteiger partial charge in [-0.25, -0.2) is 4.79 Å². The summed E-state index contributed by atoms with van der Waals surface area (Å²) in [6.45, 7) is 3.12. The van der Waals surface area contributed by atoms with Gasteiger partial charge >= 0.3 is 5.97 Å². The van der Waals surface area contributed by atoms with Crippen molar-refractivity contribution in [3.05, 3.63) is 0 Å². The van der Waals surface area contributed by atoms with E-state index in [9.17, 15) is 9.59 Å². The zero-order valence-electron chi connectivity index (χ0n) is 8.12. The van der Waals surface area contributed by atoms with E-state index in [1.165, 1.54) is 0 Å². The van der Waals surface area contributed by atoms with Crippen LogP contribution in [-0.2, 0) is 9.59 Å². The maximum atomic E-state index is 11.5. The molecule has 2 N–H and O–H groups in total. The van der Waals surface area contributed by atoms with Gasteiger partial charge in [0.2, 0.25) is 5.91 Å². The van der Waals surface area contributed by atoms with Crippen molar-refractivity contribution in [3.63, 3.8) is 0 Å². The highest BCUT2D eigenvalue weighted by Gasteiger charge is 2.53. The molecular weight excluding hydrogens is 184 g/mol. The van der Waals surface area contributed by atoms with Gasteiger partial charge in [-0.05, 0) is 19.4 Å². The summed E-state index contributed by atoms with van der Waals surface area (Å²) in [6.07, 6.45) is 1.21. The van der Waals surface area contributed by atoms with Gasteiger partial charge in [0.25, 0.3) is 0 Å². The van der Waals surface area contributed by atoms with E-state index < -0.39 is 11.5 Å². The average Bonchev–Trinajstić information content (AvgIpc) is 2.17. The number of rotatable bonds is 2. The molecule has 78 valence electrons. The first-order chi connectivity index (χ1) is 6.59. The second kappa shape index (κ2) is 2.95. The molecule has 0 aliphatic carbocycles. The number of likely N-dealkylation sites (N-methyl/N-ethyl adjacent to an activating group) is 1. The average molecular weight is 198 g/mol. The summed E-state index contributed by atoms with van der Waals surface area (Å²) in [7, 11) is 0. The Kier molecular flexibility index (Phi) is 1.99. The van der Waals surface area contributed by atoms with Crippen LogP contribution < -0.4 is 5.32 Å². The van der Waals surface area contributed by atoms with Crippen molar-refractivity contribution >= 4 is 11.9 Å². The Morgan fingerprint density at radius 3 is 3.00 bits per heavy atom. The highest BCUT2D eigenvalue weighted by atomic mass is 16.4. The molecule has 0 saturated carbocycles. The lowest BCUT2D eigenvalue weighted by Crippen LogP contribution is -2.74. The van der Waals surface area contributed by atoms with Crippen LogP contribution in [0.2, 0.25) is 0 Å². The zero-order chi connectivity index (χ0) is 10.3. The van der Waals surface area contributed by atoms with Gasteiger partial charge in [0.05, 0.1) is 6.04 Å². The van der Waals surface area contributed by atoms with Gasteiger partial charge < -0.3 is 10.4 Å². The first kappa shape index (κ1) is 9.45. The van der Waals surface area contributed by atoms with Gasteiger partial charge in [-0.3, -0.25) is 9.69 Å². The maximum Gasteiger partial charge on any atom is 0.330 e. The molecule has 0 aromatic carbocycles. The first-order valence-corrected chi connectivity index (χ1v) is 4.88. The molecule has 0 aromatic heterocycles. The van der Waals surface area contributed by atoms with E-state index in [0.717, 1.165) is 6.54 Å². The predicted molar refractivity (Wildman–Crippen MR) is 48.8 cm³/mol. The first-order valence-electron chi connectivity index (χ1n) is 4.88. The second-order valence-electron chi connectivity index (χ2n) is 3.99. The van der Waals surface area contributed by atoms with Gasteiger partial charge in [0, 0.05) is 6.54 Å². The number of aliphatic carboxylic acids is 1. The number of hydrogen-bond acceptors (Lipinski definition) is 3. The summed E-state index contributed by atoms with van der Waals surface area (Å²) in [5.41, 5.74) is -1.03. The number of piperazine rings is 1. The number of amides is 1. The minimum absolute atomic E-state index is 0.110. The van der Waals surface area contributed by atoms with Crippen LogP contribution >= 0.6 is 0 Å². The van der Waals surface area contributed by atoms with Gasteiger partial charge in [-0.15, -0.1) is 0 Å². The molecule has 5 nitrogen and oxygen atoms in total. The van der Waals surface area contributed by atoms with Crippen molar-refractivity contribution in [2.45, 2.75) is 31.3 Å². The van der Waals surface area contributed by atoms with Crippen LogP contribution in [0.15, 0.2) is 0 Å². The van der Waals surface area contributed by atoms with Gasteiger partial charge in [-0.2, -0.15) is 0 Å². The summed E-state index contributed by atoms with van der Waals surface area (Å²) in [5, 5.41) is 11.7. The van der Waals surface area contributed by atoms with Crippen molar-refractivity contribution < 1.29 is 14.7 Å². The SMILES string of the molecule is CCN1CC2(C(=O)O)CCC1C(=O)N2. The third kappa shape index (κ3) is 1.12. The molecule has 3 heterocycles. The molecule has 1 amide bonds. The molecular formula is C9H14N2O3. The second-order valence-corrected chi connectivity index (χ2v) is 3.99. The summed E-state index contributed by atoms with van der Waals surface area (Å²) in [4.78, 5) is 24.6. The Balaban J connectivity index is 2.29. The number of hydrogen-bond donors (Lipinski definition) is 2. The Morgan fingerprint density at radius 2 is 2.50 bits per heavy atom. The number of nitrogens with one attached hydrogen (secondary N) is 1. The van der Waals surface area contributed by atoms with Crippen LogP contribution in [0.25, 0.3) is 0 Å². The molecule has 3 fully saturated rings. The third-order valence-corrected chi connectivity index (χ3v) is 3.24. The molecule has 0 radical (unpaired) electrons. The number of carbonyl (C=O) groups excluding carboxylic acids is 1. The van der Waals surface area contributed by atoms with E-state index in [0.29, 0.717) is 19.4 Å². The molecule has 3 rings (SSSR count). The van der Waals surface area contributed by atoms with Crippen molar-refractivity contribution in [1.29, 1.82) is 0 Å². The van der Waals surface area contributed by atoms with E-state index >= 15 is 0 Å². The van der Waals surface area contributed by atoms with Crippen LogP contribution in [0.5, 0.6) is 0 Å². The molecule has 2 unspecified atom stereocenters. The van der Waals surface area contributed by atoms with E-state index in [-0.39, 0.29) is 11.9 Å². The van der Waals surface area contributed by atoms with E-state index in [1.807, 2.05) is 11.8 Å². The maximum absolute atomic E-state index is 11.5. The Hall–Kier alpha value is -1.10. The number of carbonyl (C=O) groups is 2. The summed E-state index contributed by atoms with van der Waals surface area (Å²) in [5.74, 6) is -1.05. The third-order valence-electron chi connectivity index (χ3n) is 3.24. The summed E-state index contributed by atoms with van der Waals surface area (Å²) in [6, 6.07) is -0.110. The Morgan fingerprint density at radius 1 is 1.79 bits per heavy atom. The van der Waals surface area contributed by atoms with E-state index in [1.54, 1.807) is 0 Å². The van der Waals surface area contributed by atoms with Gasteiger partial charge in [-0.1, -0.05) is 6.92 Å². The molecule has 3 aliphatic heterocycles. The summed E-state index contributed by atoms with van der Waals surface area (Å²) >= 11 is 0. The van der Waals surface area contributed by atoms with Crippen LogP contribution in [-0.4, -0.2) is 46.6 Å². The van der Waals surface area contributed by atoms with Crippen molar-refractivity contribution in [2.24, 2.45) is 0 Å². The minimum Gasteiger partial charge on any atom is -0.479 e. The smallest absolute Gasteiger partial charge is 0.330 e. The number of nitrogens with zero attached hydrogens (tertiary/aromatic N) is 1. The fraction of sp³-hybridized carbons (Fsp3) is 0.778. The molecule has 0 spiro atoms. The lowest BCUT2D eigenvalue weighted by Gasteiger charge is -2.49. The molecule has 2 bridgehead atoms. The normalized spacial score (nSPS) is 36.9. The van der Waals surface area contributed by atoms with E-state index in [4.69, 9.17) is 5.11 Å². The number of carboxylic acid groups (broad SMARTS) is 1. The number of fused-ring (bicyclic) bond motifs is 3. The minimum atomic E-state index is -1.03. The molecule has 3 saturated heterocycles. The monoisotopic (exact) mass is 198 g/mol. The van der Waals surface area contributed by atoms with Crippen molar-refractivity contribution in [2.75, 3.05) is 13.1 Å².